The number of hydrogen-bond acceptors (Lipinski definition) is 5. The molecule has 0 saturated heterocycles. The van der Waals surface area contributed by atoms with Crippen LogP contribution >= 0.6 is 11.8 Å². The second-order valence-electron chi connectivity index (χ2n) is 5.77. The van der Waals surface area contributed by atoms with Crippen molar-refractivity contribution in [1.82, 2.24) is 9.97 Å². The van der Waals surface area contributed by atoms with Crippen molar-refractivity contribution in [3.05, 3.63) is 59.0 Å². The maximum Gasteiger partial charge on any atom is 0.260 e. The summed E-state index contributed by atoms with van der Waals surface area (Å²) in [7, 11) is 0. The molecule has 1 N–H and O–H groups in total. The fourth-order valence-corrected chi connectivity index (χ4v) is 3.23. The zero-order chi connectivity index (χ0) is 18.0. The summed E-state index contributed by atoms with van der Waals surface area (Å²) in [6.07, 6.45) is 3.47. The number of thioether (sulfide) groups is 1. The van der Waals surface area contributed by atoms with Crippen LogP contribution in [0.15, 0.2) is 46.0 Å². The number of aromatic nitrogens is 2. The summed E-state index contributed by atoms with van der Waals surface area (Å²) < 4.78 is 5.36. The molecule has 25 heavy (non-hydrogen) atoms. The van der Waals surface area contributed by atoms with Gasteiger partial charge in [-0.2, -0.15) is 0 Å². The molecule has 5 nitrogen and oxygen atoms in total. The van der Waals surface area contributed by atoms with Gasteiger partial charge in [0.15, 0.2) is 11.6 Å². The van der Waals surface area contributed by atoms with Crippen LogP contribution in [0.3, 0.4) is 0 Å². The van der Waals surface area contributed by atoms with Gasteiger partial charge < -0.3 is 9.73 Å². The zero-order valence-electron chi connectivity index (χ0n) is 14.6. The topological polar surface area (TPSA) is 68.0 Å². The minimum absolute atomic E-state index is 0.209. The van der Waals surface area contributed by atoms with Crippen molar-refractivity contribution >= 4 is 23.4 Å². The van der Waals surface area contributed by atoms with Crippen LogP contribution in [0.5, 0.6) is 0 Å². The highest BCUT2D eigenvalue weighted by Crippen LogP contribution is 2.26. The quantitative estimate of drug-likeness (QED) is 0.547. The molecule has 128 valence electrons. The molecule has 0 bridgehead atoms. The van der Waals surface area contributed by atoms with E-state index < -0.39 is 0 Å². The molecular formula is C19H19N3O2S. The van der Waals surface area contributed by atoms with Gasteiger partial charge in [0.05, 0.1) is 17.5 Å². The summed E-state index contributed by atoms with van der Waals surface area (Å²) in [5.74, 6) is 0.856. The lowest BCUT2D eigenvalue weighted by atomic mass is 10.1. The van der Waals surface area contributed by atoms with Gasteiger partial charge in [-0.1, -0.05) is 17.7 Å². The third-order valence-electron chi connectivity index (χ3n) is 3.85. The Hall–Kier alpha value is -2.60. The molecule has 3 aromatic rings. The van der Waals surface area contributed by atoms with Crippen LogP contribution in [-0.4, -0.2) is 22.1 Å². The summed E-state index contributed by atoms with van der Waals surface area (Å²) in [5, 5.41) is 3.59. The number of nitrogens with one attached hydrogen (secondary N) is 1. The number of amides is 1. The highest BCUT2D eigenvalue weighted by Gasteiger charge is 2.20. The second kappa shape index (κ2) is 7.11. The van der Waals surface area contributed by atoms with Crippen molar-refractivity contribution in [2.75, 3.05) is 11.6 Å². The molecule has 1 amide bonds. The molecule has 0 radical (unpaired) electrons. The fraction of sp³-hybridized carbons (Fsp3) is 0.211. The summed E-state index contributed by atoms with van der Waals surface area (Å²) in [5.41, 5.74) is 4.07. The van der Waals surface area contributed by atoms with E-state index in [1.165, 1.54) is 11.8 Å². The standard InChI is InChI=1S/C19H19N3O2S/c1-11-7-8-14(12(2)10-11)21-18(23)16-13(3)20-17(22-19(16)25-4)15-6-5-9-24-15/h5-10H,1-4H3,(H,21,23). The number of benzene rings is 1. The lowest BCUT2D eigenvalue weighted by molar-refractivity contribution is 0.102. The van der Waals surface area contributed by atoms with Gasteiger partial charge in [0, 0.05) is 5.69 Å². The van der Waals surface area contributed by atoms with Crippen LogP contribution in [0.1, 0.15) is 27.2 Å². The Balaban J connectivity index is 1.97. The molecule has 0 unspecified atom stereocenters. The van der Waals surface area contributed by atoms with E-state index in [2.05, 4.69) is 15.3 Å². The maximum atomic E-state index is 12.8. The van der Waals surface area contributed by atoms with E-state index in [4.69, 9.17) is 4.42 Å². The van der Waals surface area contributed by atoms with Gasteiger partial charge >= 0.3 is 0 Å². The highest BCUT2D eigenvalue weighted by molar-refractivity contribution is 7.98. The van der Waals surface area contributed by atoms with Gasteiger partial charge in [0.1, 0.15) is 5.03 Å². The lowest BCUT2D eigenvalue weighted by Gasteiger charge is -2.13. The number of anilines is 1. The highest BCUT2D eigenvalue weighted by atomic mass is 32.2. The summed E-state index contributed by atoms with van der Waals surface area (Å²) >= 11 is 1.41. The molecule has 1 aromatic carbocycles. The Labute approximate surface area is 150 Å². The minimum Gasteiger partial charge on any atom is -0.461 e. The Morgan fingerprint density at radius 2 is 1.96 bits per heavy atom. The molecule has 0 aliphatic rings. The summed E-state index contributed by atoms with van der Waals surface area (Å²) in [4.78, 5) is 21.8. The van der Waals surface area contributed by atoms with Gasteiger partial charge in [0.2, 0.25) is 0 Å². The largest absolute Gasteiger partial charge is 0.461 e. The van der Waals surface area contributed by atoms with E-state index in [1.807, 2.05) is 45.2 Å². The molecule has 3 rings (SSSR count). The van der Waals surface area contributed by atoms with E-state index in [0.29, 0.717) is 27.9 Å². The summed E-state index contributed by atoms with van der Waals surface area (Å²) in [6.45, 7) is 5.81. The van der Waals surface area contributed by atoms with Crippen molar-refractivity contribution in [3.8, 4) is 11.6 Å². The first-order valence-electron chi connectivity index (χ1n) is 7.84. The van der Waals surface area contributed by atoms with Crippen LogP contribution in [-0.2, 0) is 0 Å². The third-order valence-corrected chi connectivity index (χ3v) is 4.53. The van der Waals surface area contributed by atoms with Gasteiger partial charge in [-0.15, -0.1) is 11.8 Å². The number of rotatable bonds is 4. The van der Waals surface area contributed by atoms with Crippen LogP contribution in [0.25, 0.3) is 11.6 Å². The number of furan rings is 1. The van der Waals surface area contributed by atoms with Crippen LogP contribution in [0.4, 0.5) is 5.69 Å². The molecule has 2 aromatic heterocycles. The average molecular weight is 353 g/mol. The minimum atomic E-state index is -0.209. The van der Waals surface area contributed by atoms with Crippen LogP contribution < -0.4 is 5.32 Å². The predicted octanol–water partition coefficient (Wildman–Crippen LogP) is 4.64. The predicted molar refractivity (Wildman–Crippen MR) is 100 cm³/mol. The van der Waals surface area contributed by atoms with E-state index in [0.717, 1.165) is 16.8 Å². The monoisotopic (exact) mass is 353 g/mol. The maximum absolute atomic E-state index is 12.8. The lowest BCUT2D eigenvalue weighted by Crippen LogP contribution is -2.17. The Morgan fingerprint density at radius 3 is 2.60 bits per heavy atom. The van der Waals surface area contributed by atoms with Crippen molar-refractivity contribution < 1.29 is 9.21 Å². The fourth-order valence-electron chi connectivity index (χ4n) is 2.61. The van der Waals surface area contributed by atoms with Crippen molar-refractivity contribution in [3.63, 3.8) is 0 Å². The number of carbonyl (C=O) groups is 1. The Bertz CT molecular complexity index is 921. The van der Waals surface area contributed by atoms with Crippen molar-refractivity contribution in [2.45, 2.75) is 25.8 Å². The zero-order valence-corrected chi connectivity index (χ0v) is 15.4. The van der Waals surface area contributed by atoms with Gasteiger partial charge in [0.25, 0.3) is 5.91 Å². The first-order chi connectivity index (χ1) is 12.0. The molecule has 2 heterocycles. The molecule has 6 heteroatoms. The number of nitrogens with zero attached hydrogens (tertiary/aromatic N) is 2. The summed E-state index contributed by atoms with van der Waals surface area (Å²) in [6, 6.07) is 9.51. The second-order valence-corrected chi connectivity index (χ2v) is 6.56. The van der Waals surface area contributed by atoms with E-state index in [9.17, 15) is 4.79 Å². The van der Waals surface area contributed by atoms with Gasteiger partial charge in [-0.25, -0.2) is 9.97 Å². The number of carbonyl (C=O) groups excluding carboxylic acids is 1. The molecule has 0 aliphatic heterocycles. The van der Waals surface area contributed by atoms with Gasteiger partial charge in [-0.05, 0) is 50.8 Å². The molecule has 0 spiro atoms. The molecule has 0 saturated carbocycles. The van der Waals surface area contributed by atoms with Crippen LogP contribution in [0, 0.1) is 20.8 Å². The third kappa shape index (κ3) is 3.58. The normalized spacial score (nSPS) is 10.7. The van der Waals surface area contributed by atoms with Crippen molar-refractivity contribution in [1.29, 1.82) is 0 Å². The molecule has 0 fully saturated rings. The number of aryl methyl sites for hydroxylation is 3. The first kappa shape index (κ1) is 17.2. The Kier molecular flexibility index (Phi) is 4.90. The van der Waals surface area contributed by atoms with Crippen molar-refractivity contribution in [2.24, 2.45) is 0 Å². The number of hydrogen-bond donors (Lipinski definition) is 1. The molecular weight excluding hydrogens is 334 g/mol. The SMILES string of the molecule is CSc1nc(-c2ccco2)nc(C)c1C(=O)Nc1ccc(C)cc1C. The molecule has 0 aliphatic carbocycles. The first-order valence-corrected chi connectivity index (χ1v) is 9.07. The average Bonchev–Trinajstić information content (AvgIpc) is 3.11. The smallest absolute Gasteiger partial charge is 0.260 e. The van der Waals surface area contributed by atoms with E-state index in [1.54, 1.807) is 18.4 Å². The van der Waals surface area contributed by atoms with Crippen LogP contribution in [0.2, 0.25) is 0 Å². The van der Waals surface area contributed by atoms with E-state index in [-0.39, 0.29) is 5.91 Å². The van der Waals surface area contributed by atoms with E-state index >= 15 is 0 Å². The molecule has 0 atom stereocenters. The Morgan fingerprint density at radius 1 is 1.16 bits per heavy atom. The van der Waals surface area contributed by atoms with Gasteiger partial charge in [-0.3, -0.25) is 4.79 Å².